The molecule has 1 fully saturated rings. The number of hydrogen-bond donors (Lipinski definition) is 0. The van der Waals surface area contributed by atoms with Crippen LogP contribution < -0.4 is 0 Å². The summed E-state index contributed by atoms with van der Waals surface area (Å²) >= 11 is 0. The maximum Gasteiger partial charge on any atom is 0.516 e. The molecule has 3 unspecified atom stereocenters. The van der Waals surface area contributed by atoms with E-state index in [2.05, 4.69) is 9.05 Å². The van der Waals surface area contributed by atoms with Gasteiger partial charge in [-0.2, -0.15) is 0 Å². The molecule has 3 atom stereocenters. The molecule has 0 spiro atoms. The fourth-order valence-corrected chi connectivity index (χ4v) is 1.43. The number of rotatable bonds is 0. The number of halogens is 2. The molecule has 0 saturated carbocycles. The van der Waals surface area contributed by atoms with Crippen LogP contribution in [0.15, 0.2) is 0 Å². The molecule has 1 rings (SSSR count). The molecule has 0 radical (unpaired) electrons. The Labute approximate surface area is 50.6 Å². The lowest BCUT2D eigenvalue weighted by Crippen LogP contribution is -2.11. The molecule has 0 aromatic heterocycles. The highest BCUT2D eigenvalue weighted by molar-refractivity contribution is 7.48. The van der Waals surface area contributed by atoms with Gasteiger partial charge in [0.1, 0.15) is 6.10 Å². The Kier molecular flexibility index (Phi) is 1.59. The number of hydrogen-bond acceptors (Lipinski definition) is 3. The maximum atomic E-state index is 12.1. The molecule has 0 bridgehead atoms. The second kappa shape index (κ2) is 2.01. The van der Waals surface area contributed by atoms with Crippen molar-refractivity contribution in [2.75, 3.05) is 0 Å². The topological polar surface area (TPSA) is 35.5 Å². The van der Waals surface area contributed by atoms with E-state index in [0.29, 0.717) is 0 Å². The summed E-state index contributed by atoms with van der Waals surface area (Å²) < 4.78 is 41.7. The average molecular weight is 158 g/mol. The summed E-state index contributed by atoms with van der Waals surface area (Å²) in [4.78, 5) is 0. The minimum atomic E-state index is -4.53. The van der Waals surface area contributed by atoms with Crippen LogP contribution in [0.25, 0.3) is 0 Å². The van der Waals surface area contributed by atoms with Crippen LogP contribution in [-0.2, 0) is 13.6 Å². The molecule has 0 aromatic rings. The van der Waals surface area contributed by atoms with E-state index in [9.17, 15) is 13.2 Å². The molecule has 9 heavy (non-hydrogen) atoms. The van der Waals surface area contributed by atoms with Gasteiger partial charge in [0.2, 0.25) is 6.36 Å². The van der Waals surface area contributed by atoms with Crippen LogP contribution in [0.1, 0.15) is 6.92 Å². The molecular weight excluding hydrogens is 153 g/mol. The molecule has 0 amide bonds. The Morgan fingerprint density at radius 1 is 1.56 bits per heavy atom. The first-order chi connectivity index (χ1) is 4.01. The van der Waals surface area contributed by atoms with E-state index in [4.69, 9.17) is 0 Å². The van der Waals surface area contributed by atoms with Crippen LogP contribution >= 0.6 is 7.91 Å². The zero-order valence-electron chi connectivity index (χ0n) is 4.58. The van der Waals surface area contributed by atoms with Gasteiger partial charge in [-0.15, -0.1) is 4.20 Å². The van der Waals surface area contributed by atoms with Crippen LogP contribution in [0.5, 0.6) is 0 Å². The first kappa shape index (κ1) is 7.12. The highest BCUT2D eigenvalue weighted by atomic mass is 31.2. The van der Waals surface area contributed by atoms with Crippen LogP contribution in [-0.4, -0.2) is 12.5 Å². The summed E-state index contributed by atoms with van der Waals surface area (Å²) in [5.74, 6) is 0. The summed E-state index contributed by atoms with van der Waals surface area (Å²) in [6.45, 7) is 1.24. The fraction of sp³-hybridized carbons (Fsp3) is 1.00. The lowest BCUT2D eigenvalue weighted by Gasteiger charge is -1.96. The molecule has 0 aromatic carbocycles. The largest absolute Gasteiger partial charge is 0.516 e. The predicted molar refractivity (Wildman–Crippen MR) is 25.2 cm³/mol. The molecule has 1 aliphatic rings. The molecule has 1 aliphatic heterocycles. The van der Waals surface area contributed by atoms with Crippen molar-refractivity contribution in [1.82, 2.24) is 0 Å². The second-order valence-electron chi connectivity index (χ2n) is 1.70. The highest BCUT2D eigenvalue weighted by Gasteiger charge is 2.43. The molecule has 1 heterocycles. The third-order valence-corrected chi connectivity index (χ3v) is 1.93. The lowest BCUT2D eigenvalue weighted by molar-refractivity contribution is 0.0468. The summed E-state index contributed by atoms with van der Waals surface area (Å²) in [5.41, 5.74) is 0. The van der Waals surface area contributed by atoms with Crippen LogP contribution in [0.3, 0.4) is 0 Å². The zero-order chi connectivity index (χ0) is 7.07. The van der Waals surface area contributed by atoms with Gasteiger partial charge < -0.3 is 0 Å². The summed E-state index contributed by atoms with van der Waals surface area (Å²) in [6.07, 6.45) is -2.97. The van der Waals surface area contributed by atoms with E-state index in [0.717, 1.165) is 0 Å². The first-order valence-electron chi connectivity index (χ1n) is 2.32. The van der Waals surface area contributed by atoms with E-state index in [1.807, 2.05) is 0 Å². The zero-order valence-corrected chi connectivity index (χ0v) is 5.48. The molecule has 3 nitrogen and oxygen atoms in total. The standard InChI is InChI=1S/C3H5F2O3P/c1-2-3(4)8-9(5,6)7-2/h2-3H,1H3. The quantitative estimate of drug-likeness (QED) is 0.504. The third-order valence-electron chi connectivity index (χ3n) is 0.888. The van der Waals surface area contributed by atoms with E-state index in [-0.39, 0.29) is 0 Å². The van der Waals surface area contributed by atoms with E-state index < -0.39 is 20.4 Å². The van der Waals surface area contributed by atoms with E-state index in [1.54, 1.807) is 0 Å². The van der Waals surface area contributed by atoms with Crippen LogP contribution in [0, 0.1) is 0 Å². The minimum Gasteiger partial charge on any atom is -0.275 e. The third kappa shape index (κ3) is 1.47. The normalized spacial score (nSPS) is 51.9. The Morgan fingerprint density at radius 3 is 2.22 bits per heavy atom. The maximum absolute atomic E-state index is 12.1. The average Bonchev–Trinajstić information content (AvgIpc) is 1.79. The van der Waals surface area contributed by atoms with Gasteiger partial charge >= 0.3 is 7.91 Å². The summed E-state index contributed by atoms with van der Waals surface area (Å²) in [6, 6.07) is 0. The fourth-order valence-electron chi connectivity index (χ4n) is 0.477. The Hall–Kier alpha value is 0.01000. The van der Waals surface area contributed by atoms with Crippen LogP contribution in [0.2, 0.25) is 0 Å². The molecule has 54 valence electrons. The van der Waals surface area contributed by atoms with Gasteiger partial charge in [0.05, 0.1) is 0 Å². The van der Waals surface area contributed by atoms with Crippen molar-refractivity contribution in [2.24, 2.45) is 0 Å². The van der Waals surface area contributed by atoms with Crippen molar-refractivity contribution in [3.05, 3.63) is 0 Å². The smallest absolute Gasteiger partial charge is 0.275 e. The predicted octanol–water partition coefficient (Wildman–Crippen LogP) is 1.79. The van der Waals surface area contributed by atoms with Gasteiger partial charge in [0.15, 0.2) is 0 Å². The van der Waals surface area contributed by atoms with Crippen molar-refractivity contribution < 1.29 is 22.2 Å². The van der Waals surface area contributed by atoms with Gasteiger partial charge in [-0.3, -0.25) is 4.52 Å². The van der Waals surface area contributed by atoms with E-state index >= 15 is 0 Å². The summed E-state index contributed by atoms with van der Waals surface area (Å²) in [7, 11) is -4.53. The SMILES string of the molecule is CC1OP(=O)(F)OC1F. The van der Waals surface area contributed by atoms with Gasteiger partial charge in [-0.25, -0.2) is 13.5 Å². The van der Waals surface area contributed by atoms with Crippen LogP contribution in [0.4, 0.5) is 8.59 Å². The van der Waals surface area contributed by atoms with Crippen molar-refractivity contribution in [2.45, 2.75) is 19.4 Å². The van der Waals surface area contributed by atoms with Crippen molar-refractivity contribution >= 4 is 7.91 Å². The van der Waals surface area contributed by atoms with Crippen molar-refractivity contribution in [3.63, 3.8) is 0 Å². The molecular formula is C3H5F2O3P. The molecule has 0 aliphatic carbocycles. The minimum absolute atomic E-state index is 1.07. The Balaban J connectivity index is 2.65. The Bertz CT molecular complexity index is 147. The second-order valence-corrected chi connectivity index (χ2v) is 2.98. The lowest BCUT2D eigenvalue weighted by atomic mass is 10.4. The Morgan fingerprint density at radius 2 is 2.11 bits per heavy atom. The molecule has 0 N–H and O–H groups in total. The first-order valence-corrected chi connectivity index (χ1v) is 3.75. The molecule has 6 heteroatoms. The highest BCUT2D eigenvalue weighted by Crippen LogP contribution is 2.57. The van der Waals surface area contributed by atoms with Crippen molar-refractivity contribution in [1.29, 1.82) is 0 Å². The number of alkyl halides is 1. The van der Waals surface area contributed by atoms with E-state index in [1.165, 1.54) is 6.92 Å². The van der Waals surface area contributed by atoms with Gasteiger partial charge in [-0.1, -0.05) is 0 Å². The monoisotopic (exact) mass is 158 g/mol. The molecule has 1 saturated heterocycles. The van der Waals surface area contributed by atoms with Crippen molar-refractivity contribution in [3.8, 4) is 0 Å². The van der Waals surface area contributed by atoms with Gasteiger partial charge in [0.25, 0.3) is 0 Å². The van der Waals surface area contributed by atoms with Gasteiger partial charge in [-0.05, 0) is 6.92 Å². The van der Waals surface area contributed by atoms with Gasteiger partial charge in [0, 0.05) is 0 Å². The summed E-state index contributed by atoms with van der Waals surface area (Å²) in [5, 5.41) is 0.